The molecule has 0 fully saturated rings. The SMILES string of the molecule is N#CC(C#N)=Cc1ccc(-c2sc(-c3cccs3)c3ccccc23)s1. The van der Waals surface area contributed by atoms with E-state index in [1.807, 2.05) is 18.2 Å². The predicted molar refractivity (Wildman–Crippen MR) is 108 cm³/mol. The molecule has 0 aliphatic heterocycles. The van der Waals surface area contributed by atoms with Crippen molar-refractivity contribution in [2.24, 2.45) is 0 Å². The Hall–Kier alpha value is -2.70. The van der Waals surface area contributed by atoms with Gasteiger partial charge in [0.2, 0.25) is 0 Å². The van der Waals surface area contributed by atoms with Gasteiger partial charge in [-0.1, -0.05) is 30.3 Å². The van der Waals surface area contributed by atoms with Crippen molar-refractivity contribution < 1.29 is 0 Å². The summed E-state index contributed by atoms with van der Waals surface area (Å²) in [6.07, 6.45) is 1.64. The highest BCUT2D eigenvalue weighted by atomic mass is 32.1. The number of thiophene rings is 3. The Bertz CT molecular complexity index is 1150. The zero-order valence-electron chi connectivity index (χ0n) is 12.9. The maximum Gasteiger partial charge on any atom is 0.131 e. The van der Waals surface area contributed by atoms with E-state index in [1.54, 1.807) is 40.1 Å². The second kappa shape index (κ2) is 6.66. The molecule has 0 saturated carbocycles. The molecule has 4 aromatic rings. The molecule has 0 atom stereocenters. The minimum Gasteiger partial charge on any atom is -0.192 e. The second-order valence-electron chi connectivity index (χ2n) is 5.27. The maximum absolute atomic E-state index is 8.93. The third-order valence-electron chi connectivity index (χ3n) is 3.74. The van der Waals surface area contributed by atoms with Gasteiger partial charge in [-0.25, -0.2) is 0 Å². The van der Waals surface area contributed by atoms with Crippen molar-refractivity contribution in [1.82, 2.24) is 0 Å². The molecule has 25 heavy (non-hydrogen) atoms. The first kappa shape index (κ1) is 15.8. The van der Waals surface area contributed by atoms with E-state index in [0.717, 1.165) is 9.75 Å². The van der Waals surface area contributed by atoms with Crippen molar-refractivity contribution in [3.63, 3.8) is 0 Å². The number of benzene rings is 1. The van der Waals surface area contributed by atoms with E-state index >= 15 is 0 Å². The van der Waals surface area contributed by atoms with Gasteiger partial charge in [0, 0.05) is 25.4 Å². The number of fused-ring (bicyclic) bond motifs is 1. The van der Waals surface area contributed by atoms with Crippen LogP contribution in [0.1, 0.15) is 4.88 Å². The predicted octanol–water partition coefficient (Wildman–Crippen LogP) is 6.79. The van der Waals surface area contributed by atoms with E-state index < -0.39 is 0 Å². The van der Waals surface area contributed by atoms with Gasteiger partial charge < -0.3 is 0 Å². The monoisotopic (exact) mass is 374 g/mol. The molecule has 4 rings (SSSR count). The van der Waals surface area contributed by atoms with Gasteiger partial charge in [-0.15, -0.1) is 34.0 Å². The highest BCUT2D eigenvalue weighted by Crippen LogP contribution is 2.46. The molecular weight excluding hydrogens is 364 g/mol. The summed E-state index contributed by atoms with van der Waals surface area (Å²) in [5, 5.41) is 22.5. The van der Waals surface area contributed by atoms with Crippen LogP contribution in [0.3, 0.4) is 0 Å². The number of nitrogens with zero attached hydrogens (tertiary/aromatic N) is 2. The lowest BCUT2D eigenvalue weighted by Crippen LogP contribution is -1.69. The fourth-order valence-corrected chi connectivity index (χ4v) is 5.87. The molecule has 0 spiro atoms. The molecule has 0 radical (unpaired) electrons. The smallest absolute Gasteiger partial charge is 0.131 e. The summed E-state index contributed by atoms with van der Waals surface area (Å²) in [7, 11) is 0. The lowest BCUT2D eigenvalue weighted by molar-refractivity contribution is 1.47. The van der Waals surface area contributed by atoms with Gasteiger partial charge in [-0.05, 0) is 29.7 Å². The average Bonchev–Trinajstić information content (AvgIpc) is 3.38. The van der Waals surface area contributed by atoms with Gasteiger partial charge in [-0.3, -0.25) is 0 Å². The Morgan fingerprint density at radius 1 is 0.800 bits per heavy atom. The van der Waals surface area contributed by atoms with Crippen molar-refractivity contribution in [1.29, 1.82) is 10.5 Å². The first-order valence-electron chi connectivity index (χ1n) is 7.47. The third kappa shape index (κ3) is 2.90. The molecule has 3 aromatic heterocycles. The summed E-state index contributed by atoms with van der Waals surface area (Å²) in [4.78, 5) is 5.88. The van der Waals surface area contributed by atoms with Gasteiger partial charge in [0.05, 0.1) is 9.75 Å². The topological polar surface area (TPSA) is 47.6 Å². The van der Waals surface area contributed by atoms with Crippen LogP contribution in [-0.4, -0.2) is 0 Å². The van der Waals surface area contributed by atoms with Crippen molar-refractivity contribution >= 4 is 50.9 Å². The molecule has 0 unspecified atom stereocenters. The van der Waals surface area contributed by atoms with E-state index in [0.29, 0.717) is 0 Å². The molecular formula is C20H10N2S3. The van der Waals surface area contributed by atoms with Crippen LogP contribution in [0.15, 0.2) is 59.5 Å². The standard InChI is InChI=1S/C20H10N2S3/c21-11-13(12-22)10-14-7-8-18(24-14)20-16-5-2-1-4-15(16)19(25-20)17-6-3-9-23-17/h1-10H. The van der Waals surface area contributed by atoms with Gasteiger partial charge >= 0.3 is 0 Å². The Morgan fingerprint density at radius 2 is 1.52 bits per heavy atom. The van der Waals surface area contributed by atoms with Crippen molar-refractivity contribution in [2.45, 2.75) is 0 Å². The molecule has 118 valence electrons. The van der Waals surface area contributed by atoms with Crippen LogP contribution >= 0.6 is 34.0 Å². The average molecular weight is 375 g/mol. The summed E-state index contributed by atoms with van der Waals surface area (Å²) in [6.45, 7) is 0. The Balaban J connectivity index is 1.86. The lowest BCUT2D eigenvalue weighted by atomic mass is 10.1. The normalized spacial score (nSPS) is 10.3. The molecule has 0 aliphatic rings. The molecule has 1 aromatic carbocycles. The third-order valence-corrected chi connectivity index (χ3v) is 7.23. The molecule has 0 saturated heterocycles. The van der Waals surface area contributed by atoms with Crippen LogP contribution in [0, 0.1) is 22.7 Å². The Morgan fingerprint density at radius 3 is 2.16 bits per heavy atom. The zero-order chi connectivity index (χ0) is 17.2. The zero-order valence-corrected chi connectivity index (χ0v) is 15.3. The second-order valence-corrected chi connectivity index (χ2v) is 8.35. The number of rotatable bonds is 3. The Labute approximate surface area is 157 Å². The van der Waals surface area contributed by atoms with Crippen LogP contribution in [0.2, 0.25) is 0 Å². The Kier molecular flexibility index (Phi) is 4.21. The first-order chi connectivity index (χ1) is 12.3. The van der Waals surface area contributed by atoms with Crippen molar-refractivity contribution in [3.8, 4) is 31.6 Å². The van der Waals surface area contributed by atoms with E-state index in [9.17, 15) is 0 Å². The van der Waals surface area contributed by atoms with E-state index in [2.05, 4.69) is 47.8 Å². The quantitative estimate of drug-likeness (QED) is 0.371. The van der Waals surface area contributed by atoms with Crippen LogP contribution in [0.25, 0.3) is 36.4 Å². The minimum atomic E-state index is 0.128. The fourth-order valence-electron chi connectivity index (χ4n) is 2.65. The highest BCUT2D eigenvalue weighted by molar-refractivity contribution is 7.27. The van der Waals surface area contributed by atoms with Gasteiger partial charge in [0.25, 0.3) is 0 Å². The van der Waals surface area contributed by atoms with Gasteiger partial charge in [0.15, 0.2) is 0 Å². The summed E-state index contributed by atoms with van der Waals surface area (Å²) < 4.78 is 0. The molecule has 0 N–H and O–H groups in total. The van der Waals surface area contributed by atoms with Crippen molar-refractivity contribution in [2.75, 3.05) is 0 Å². The first-order valence-corrected chi connectivity index (χ1v) is 9.99. The fraction of sp³-hybridized carbons (Fsp3) is 0. The molecule has 0 aliphatic carbocycles. The van der Waals surface area contributed by atoms with Gasteiger partial charge in [-0.2, -0.15) is 10.5 Å². The largest absolute Gasteiger partial charge is 0.192 e. The minimum absolute atomic E-state index is 0.128. The summed E-state index contributed by atoms with van der Waals surface area (Å²) in [6, 6.07) is 20.6. The van der Waals surface area contributed by atoms with Crippen LogP contribution < -0.4 is 0 Å². The molecule has 0 bridgehead atoms. The van der Waals surface area contributed by atoms with Crippen LogP contribution in [0.4, 0.5) is 0 Å². The lowest BCUT2D eigenvalue weighted by Gasteiger charge is -1.94. The van der Waals surface area contributed by atoms with Crippen LogP contribution in [-0.2, 0) is 0 Å². The van der Waals surface area contributed by atoms with E-state index in [-0.39, 0.29) is 5.57 Å². The number of allylic oxidation sites excluding steroid dienone is 1. The highest BCUT2D eigenvalue weighted by Gasteiger charge is 2.15. The summed E-state index contributed by atoms with van der Waals surface area (Å²) in [5.41, 5.74) is 0.128. The van der Waals surface area contributed by atoms with E-state index in [1.165, 1.54) is 25.4 Å². The molecule has 3 heterocycles. The number of hydrogen-bond donors (Lipinski definition) is 0. The van der Waals surface area contributed by atoms with Gasteiger partial charge in [0.1, 0.15) is 17.7 Å². The molecule has 5 heteroatoms. The van der Waals surface area contributed by atoms with E-state index in [4.69, 9.17) is 10.5 Å². The number of nitriles is 2. The summed E-state index contributed by atoms with van der Waals surface area (Å²) in [5.74, 6) is 0. The maximum atomic E-state index is 8.93. The van der Waals surface area contributed by atoms with Crippen molar-refractivity contribution in [3.05, 3.63) is 64.4 Å². The van der Waals surface area contributed by atoms with Crippen LogP contribution in [0.5, 0.6) is 0 Å². The molecule has 0 amide bonds. The molecule has 2 nitrogen and oxygen atoms in total. The summed E-state index contributed by atoms with van der Waals surface area (Å²) >= 11 is 5.15. The number of hydrogen-bond acceptors (Lipinski definition) is 5.